The van der Waals surface area contributed by atoms with Crippen LogP contribution in [0.4, 0.5) is 30.7 Å². The topological polar surface area (TPSA) is 36.9 Å². The van der Waals surface area contributed by atoms with Gasteiger partial charge in [-0.15, -0.1) is 0 Å². The van der Waals surface area contributed by atoms with Gasteiger partial charge in [-0.1, -0.05) is 25.5 Å². The Labute approximate surface area is 234 Å². The van der Waals surface area contributed by atoms with Gasteiger partial charge in [-0.2, -0.15) is 17.6 Å². The SMILES string of the molecule is CCCC1COC(CCc2ccc(C3CCC(C(F)(F)Oc4cc(F)c(OC=C(F)F)c(F)c4)CC3)c(F)c2)OC1. The van der Waals surface area contributed by atoms with E-state index < -0.39 is 47.1 Å². The lowest BCUT2D eigenvalue weighted by molar-refractivity contribution is -0.222. The van der Waals surface area contributed by atoms with Gasteiger partial charge in [-0.3, -0.25) is 0 Å². The predicted octanol–water partition coefficient (Wildman–Crippen LogP) is 8.89. The number of rotatable bonds is 11. The van der Waals surface area contributed by atoms with Crippen molar-refractivity contribution in [2.45, 2.75) is 76.6 Å². The third-order valence-corrected chi connectivity index (χ3v) is 7.60. The van der Waals surface area contributed by atoms with Crippen molar-refractivity contribution < 1.29 is 49.7 Å². The van der Waals surface area contributed by atoms with Crippen LogP contribution in [0.15, 0.2) is 42.7 Å². The molecule has 226 valence electrons. The van der Waals surface area contributed by atoms with Gasteiger partial charge in [-0.25, -0.2) is 13.2 Å². The Balaban J connectivity index is 1.29. The van der Waals surface area contributed by atoms with Gasteiger partial charge in [0.25, 0.3) is 0 Å². The summed E-state index contributed by atoms with van der Waals surface area (Å²) in [4.78, 5) is 0. The van der Waals surface area contributed by atoms with Crippen molar-refractivity contribution in [3.05, 3.63) is 71.3 Å². The van der Waals surface area contributed by atoms with Gasteiger partial charge in [0, 0.05) is 24.5 Å². The smallest absolute Gasteiger partial charge is 0.400 e. The molecule has 41 heavy (non-hydrogen) atoms. The summed E-state index contributed by atoms with van der Waals surface area (Å²) in [6.45, 7) is 3.44. The van der Waals surface area contributed by atoms with Crippen molar-refractivity contribution in [1.82, 2.24) is 0 Å². The van der Waals surface area contributed by atoms with Crippen LogP contribution in [0.25, 0.3) is 0 Å². The minimum Gasteiger partial charge on any atom is -0.453 e. The summed E-state index contributed by atoms with van der Waals surface area (Å²) in [6, 6.07) is 5.88. The van der Waals surface area contributed by atoms with Crippen LogP contribution >= 0.6 is 0 Å². The van der Waals surface area contributed by atoms with Crippen LogP contribution in [0.3, 0.4) is 0 Å². The molecule has 0 radical (unpaired) electrons. The molecule has 0 unspecified atom stereocenters. The number of hydrogen-bond acceptors (Lipinski definition) is 4. The minimum absolute atomic E-state index is 0.000964. The van der Waals surface area contributed by atoms with Crippen molar-refractivity contribution in [3.63, 3.8) is 0 Å². The molecule has 1 aliphatic carbocycles. The van der Waals surface area contributed by atoms with E-state index in [1.54, 1.807) is 6.07 Å². The number of aryl methyl sites for hydroxylation is 1. The lowest BCUT2D eigenvalue weighted by atomic mass is 9.78. The van der Waals surface area contributed by atoms with Crippen LogP contribution in [0.5, 0.6) is 11.5 Å². The van der Waals surface area contributed by atoms with E-state index in [4.69, 9.17) is 9.47 Å². The highest BCUT2D eigenvalue weighted by Gasteiger charge is 2.44. The second-order valence-corrected chi connectivity index (χ2v) is 10.6. The molecule has 4 nitrogen and oxygen atoms in total. The summed E-state index contributed by atoms with van der Waals surface area (Å²) in [5, 5.41) is 0. The van der Waals surface area contributed by atoms with Gasteiger partial charge in [0.15, 0.2) is 29.9 Å². The maximum Gasteiger partial charge on any atom is 0.400 e. The van der Waals surface area contributed by atoms with E-state index in [0.29, 0.717) is 49.7 Å². The van der Waals surface area contributed by atoms with Gasteiger partial charge in [-0.05, 0) is 61.6 Å². The van der Waals surface area contributed by atoms with Crippen molar-refractivity contribution in [3.8, 4) is 11.5 Å². The maximum atomic E-state index is 15.0. The van der Waals surface area contributed by atoms with Crippen molar-refractivity contribution in [2.75, 3.05) is 13.2 Å². The normalized spacial score (nSPS) is 23.2. The van der Waals surface area contributed by atoms with Crippen LogP contribution in [0, 0.1) is 29.3 Å². The first-order valence-corrected chi connectivity index (χ1v) is 13.8. The summed E-state index contributed by atoms with van der Waals surface area (Å²) >= 11 is 0. The van der Waals surface area contributed by atoms with Gasteiger partial charge in [0.05, 0.1) is 19.1 Å². The predicted molar refractivity (Wildman–Crippen MR) is 136 cm³/mol. The van der Waals surface area contributed by atoms with Crippen LogP contribution in [0.1, 0.15) is 68.9 Å². The second-order valence-electron chi connectivity index (χ2n) is 10.6. The van der Waals surface area contributed by atoms with Crippen LogP contribution < -0.4 is 9.47 Å². The third kappa shape index (κ3) is 8.38. The highest BCUT2D eigenvalue weighted by molar-refractivity contribution is 5.35. The van der Waals surface area contributed by atoms with Crippen LogP contribution in [0.2, 0.25) is 0 Å². The van der Waals surface area contributed by atoms with E-state index in [9.17, 15) is 26.3 Å². The Morgan fingerprint density at radius 1 is 0.927 bits per heavy atom. The first kappa shape index (κ1) is 31.2. The largest absolute Gasteiger partial charge is 0.453 e. The summed E-state index contributed by atoms with van der Waals surface area (Å²) in [7, 11) is 0. The zero-order valence-corrected chi connectivity index (χ0v) is 22.6. The number of alkyl halides is 2. The van der Waals surface area contributed by atoms with Crippen molar-refractivity contribution in [1.29, 1.82) is 0 Å². The summed E-state index contributed by atoms with van der Waals surface area (Å²) in [5.41, 5.74) is 1.26. The molecule has 0 N–H and O–H groups in total. The number of halogens is 7. The van der Waals surface area contributed by atoms with Gasteiger partial charge >= 0.3 is 12.2 Å². The van der Waals surface area contributed by atoms with Gasteiger partial charge in [0.2, 0.25) is 0 Å². The minimum atomic E-state index is -3.76. The molecule has 0 amide bonds. The van der Waals surface area contributed by atoms with Crippen molar-refractivity contribution >= 4 is 0 Å². The molecule has 4 rings (SSSR count). The highest BCUT2D eigenvalue weighted by Crippen LogP contribution is 2.44. The van der Waals surface area contributed by atoms with E-state index >= 15 is 4.39 Å². The molecular formula is C30H33F7O4. The standard InChI is InChI=1S/C30H33F7O4/c1-2-3-19-15-38-28(39-16-19)11-5-18-4-10-23(24(31)12-18)20-6-8-21(9-7-20)30(36,37)41-22-13-25(32)29(26(33)14-22)40-17-27(34)35/h4,10,12-14,17,19-21,28H,2-3,5-9,11,15-16H2,1H3. The molecule has 0 spiro atoms. The Morgan fingerprint density at radius 3 is 2.17 bits per heavy atom. The summed E-state index contributed by atoms with van der Waals surface area (Å²) in [5.74, 6) is -6.43. The highest BCUT2D eigenvalue weighted by atomic mass is 19.3. The van der Waals surface area contributed by atoms with E-state index in [0.717, 1.165) is 18.4 Å². The average Bonchev–Trinajstić information content (AvgIpc) is 2.92. The Bertz CT molecular complexity index is 1160. The maximum absolute atomic E-state index is 15.0. The molecular weight excluding hydrogens is 557 g/mol. The monoisotopic (exact) mass is 590 g/mol. The fraction of sp³-hybridized carbons (Fsp3) is 0.533. The summed E-state index contributed by atoms with van der Waals surface area (Å²) < 4.78 is 117. The van der Waals surface area contributed by atoms with Gasteiger partial charge in [0.1, 0.15) is 11.6 Å². The zero-order chi connectivity index (χ0) is 29.6. The zero-order valence-electron chi connectivity index (χ0n) is 22.6. The molecule has 0 bridgehead atoms. The Hall–Kier alpha value is -2.79. The van der Waals surface area contributed by atoms with Crippen LogP contribution in [-0.4, -0.2) is 25.6 Å². The molecule has 2 aromatic rings. The first-order chi connectivity index (χ1) is 19.6. The quantitative estimate of drug-likeness (QED) is 0.194. The van der Waals surface area contributed by atoms with E-state index in [2.05, 4.69) is 16.4 Å². The molecule has 1 saturated heterocycles. The van der Waals surface area contributed by atoms with Crippen molar-refractivity contribution in [2.24, 2.45) is 11.8 Å². The molecule has 1 saturated carbocycles. The van der Waals surface area contributed by atoms with Crippen LogP contribution in [-0.2, 0) is 15.9 Å². The van der Waals surface area contributed by atoms with E-state index in [-0.39, 0.29) is 44.2 Å². The molecule has 2 aromatic carbocycles. The fourth-order valence-corrected chi connectivity index (χ4v) is 5.46. The third-order valence-electron chi connectivity index (χ3n) is 7.60. The molecule has 1 heterocycles. The first-order valence-electron chi connectivity index (χ1n) is 13.8. The number of benzene rings is 2. The lowest BCUT2D eigenvalue weighted by Crippen LogP contribution is -2.37. The van der Waals surface area contributed by atoms with E-state index in [1.165, 1.54) is 6.07 Å². The molecule has 0 atom stereocenters. The lowest BCUT2D eigenvalue weighted by Gasteiger charge is -2.33. The Morgan fingerprint density at radius 2 is 1.59 bits per heavy atom. The van der Waals surface area contributed by atoms with Gasteiger partial charge < -0.3 is 18.9 Å². The molecule has 11 heteroatoms. The number of hydrogen-bond donors (Lipinski definition) is 0. The van der Waals surface area contributed by atoms with E-state index in [1.807, 2.05) is 6.07 Å². The molecule has 2 aliphatic rings. The average molecular weight is 591 g/mol. The molecule has 1 aliphatic heterocycles. The summed E-state index contributed by atoms with van der Waals surface area (Å²) in [6.07, 6.45) is -2.71. The number of ether oxygens (including phenoxy) is 4. The Kier molecular flexibility index (Phi) is 10.6. The molecule has 0 aromatic heterocycles. The second kappa shape index (κ2) is 13.9. The fourth-order valence-electron chi connectivity index (χ4n) is 5.46. The molecule has 2 fully saturated rings.